The summed E-state index contributed by atoms with van der Waals surface area (Å²) in [6, 6.07) is 4.95. The first-order chi connectivity index (χ1) is 9.13. The summed E-state index contributed by atoms with van der Waals surface area (Å²) < 4.78 is 9.99. The van der Waals surface area contributed by atoms with E-state index in [-0.39, 0.29) is 12.5 Å². The molecule has 0 unspecified atom stereocenters. The second-order valence-corrected chi connectivity index (χ2v) is 4.66. The maximum Gasteiger partial charge on any atom is 0.417 e. The van der Waals surface area contributed by atoms with Crippen molar-refractivity contribution in [2.45, 2.75) is 0 Å². The van der Waals surface area contributed by atoms with Crippen LogP contribution >= 0.6 is 0 Å². The Morgan fingerprint density at radius 3 is 2.89 bits per heavy atom. The lowest BCUT2D eigenvalue weighted by atomic mass is 9.85. The highest BCUT2D eigenvalue weighted by atomic mass is 16.5. The molecule has 7 heteroatoms. The zero-order chi connectivity index (χ0) is 13.5. The van der Waals surface area contributed by atoms with Gasteiger partial charge in [0.05, 0.1) is 18.7 Å². The topological polar surface area (TPSA) is 110 Å². The van der Waals surface area contributed by atoms with E-state index in [0.29, 0.717) is 30.0 Å². The van der Waals surface area contributed by atoms with Gasteiger partial charge in [-0.2, -0.15) is 0 Å². The zero-order valence-corrected chi connectivity index (χ0v) is 10.1. The fourth-order valence-corrected chi connectivity index (χ4v) is 1.98. The van der Waals surface area contributed by atoms with Gasteiger partial charge in [-0.15, -0.1) is 0 Å². The van der Waals surface area contributed by atoms with Crippen molar-refractivity contribution in [3.8, 4) is 0 Å². The number of ether oxygens (including phenoxy) is 1. The molecule has 0 aliphatic carbocycles. The van der Waals surface area contributed by atoms with Gasteiger partial charge in [-0.25, -0.2) is 4.79 Å². The Morgan fingerprint density at radius 1 is 1.47 bits per heavy atom. The van der Waals surface area contributed by atoms with Crippen molar-refractivity contribution in [2.24, 2.45) is 11.1 Å². The number of rotatable bonds is 3. The third kappa shape index (κ3) is 1.92. The molecule has 100 valence electrons. The van der Waals surface area contributed by atoms with E-state index in [4.69, 9.17) is 14.9 Å². The number of hydrogen-bond acceptors (Lipinski definition) is 5. The first-order valence-electron chi connectivity index (χ1n) is 5.85. The number of aromatic nitrogens is 1. The normalized spacial score (nSPS) is 17.1. The molecular weight excluding hydrogens is 250 g/mol. The smallest absolute Gasteiger partial charge is 0.408 e. The number of nitrogens with two attached hydrogens (primary N) is 1. The molecule has 19 heavy (non-hydrogen) atoms. The number of carbonyl (C=O) groups is 1. The fraction of sp³-hybridized carbons (Fsp3) is 0.333. The van der Waals surface area contributed by atoms with Gasteiger partial charge in [0.1, 0.15) is 5.41 Å². The summed E-state index contributed by atoms with van der Waals surface area (Å²) in [5, 5.41) is 2.76. The van der Waals surface area contributed by atoms with Crippen LogP contribution in [0.25, 0.3) is 11.1 Å². The number of amides is 1. The number of H-pyrrole nitrogens is 1. The van der Waals surface area contributed by atoms with Crippen LogP contribution < -0.4 is 16.8 Å². The van der Waals surface area contributed by atoms with Crippen LogP contribution in [0.1, 0.15) is 0 Å². The number of anilines is 1. The maximum absolute atomic E-state index is 12.1. The molecule has 1 saturated heterocycles. The minimum Gasteiger partial charge on any atom is -0.408 e. The first-order valence-corrected chi connectivity index (χ1v) is 5.85. The van der Waals surface area contributed by atoms with Crippen molar-refractivity contribution in [1.29, 1.82) is 0 Å². The van der Waals surface area contributed by atoms with E-state index in [0.717, 1.165) is 0 Å². The minimum absolute atomic E-state index is 0.182. The van der Waals surface area contributed by atoms with E-state index < -0.39 is 11.2 Å². The molecule has 7 nitrogen and oxygen atoms in total. The van der Waals surface area contributed by atoms with Gasteiger partial charge >= 0.3 is 5.76 Å². The fourth-order valence-electron chi connectivity index (χ4n) is 1.98. The van der Waals surface area contributed by atoms with Crippen molar-refractivity contribution in [3.05, 3.63) is 28.7 Å². The van der Waals surface area contributed by atoms with Crippen LogP contribution in [0.5, 0.6) is 0 Å². The Morgan fingerprint density at radius 2 is 2.26 bits per heavy atom. The molecule has 1 aliphatic heterocycles. The molecule has 1 aliphatic rings. The average Bonchev–Trinajstić information content (AvgIpc) is 2.67. The number of aromatic amines is 1. The SMILES string of the molecule is NCC1(C(=O)Nc2ccc3[nH]c(=O)oc3c2)COC1. The molecule has 0 bridgehead atoms. The third-order valence-electron chi connectivity index (χ3n) is 3.31. The van der Waals surface area contributed by atoms with Gasteiger partial charge in [-0.1, -0.05) is 0 Å². The van der Waals surface area contributed by atoms with Gasteiger partial charge in [-0.05, 0) is 12.1 Å². The Kier molecular flexibility index (Phi) is 2.65. The Hall–Kier alpha value is -2.12. The molecule has 3 rings (SSSR count). The maximum atomic E-state index is 12.1. The molecule has 0 atom stereocenters. The monoisotopic (exact) mass is 263 g/mol. The molecule has 1 fully saturated rings. The van der Waals surface area contributed by atoms with E-state index in [1.165, 1.54) is 0 Å². The van der Waals surface area contributed by atoms with Crippen LogP contribution in [0.3, 0.4) is 0 Å². The van der Waals surface area contributed by atoms with E-state index in [2.05, 4.69) is 10.3 Å². The molecule has 1 aromatic heterocycles. The molecule has 0 radical (unpaired) electrons. The second kappa shape index (κ2) is 4.22. The molecule has 1 amide bonds. The van der Waals surface area contributed by atoms with Crippen LogP contribution in [0.4, 0.5) is 5.69 Å². The number of fused-ring (bicyclic) bond motifs is 1. The second-order valence-electron chi connectivity index (χ2n) is 4.66. The predicted octanol–water partition coefficient (Wildman–Crippen LogP) is 0.0349. The molecule has 1 aromatic carbocycles. The quantitative estimate of drug-likeness (QED) is 0.723. The number of nitrogens with one attached hydrogen (secondary N) is 2. The third-order valence-corrected chi connectivity index (χ3v) is 3.31. The molecule has 0 spiro atoms. The molecule has 2 aromatic rings. The van der Waals surface area contributed by atoms with Crippen molar-refractivity contribution < 1.29 is 13.9 Å². The van der Waals surface area contributed by atoms with Gasteiger partial charge in [0.25, 0.3) is 0 Å². The van der Waals surface area contributed by atoms with Crippen LogP contribution in [0.2, 0.25) is 0 Å². The number of oxazole rings is 1. The lowest BCUT2D eigenvalue weighted by Crippen LogP contribution is -2.56. The summed E-state index contributed by atoms with van der Waals surface area (Å²) in [7, 11) is 0. The Bertz CT molecular complexity index is 678. The largest absolute Gasteiger partial charge is 0.417 e. The van der Waals surface area contributed by atoms with Gasteiger partial charge < -0.3 is 20.2 Å². The predicted molar refractivity (Wildman–Crippen MR) is 67.8 cm³/mol. The summed E-state index contributed by atoms with van der Waals surface area (Å²) in [6.07, 6.45) is 0. The van der Waals surface area contributed by atoms with Crippen molar-refractivity contribution >= 4 is 22.7 Å². The number of benzene rings is 1. The van der Waals surface area contributed by atoms with Crippen molar-refractivity contribution in [1.82, 2.24) is 4.98 Å². The zero-order valence-electron chi connectivity index (χ0n) is 10.1. The van der Waals surface area contributed by atoms with Crippen LogP contribution in [0.15, 0.2) is 27.4 Å². The summed E-state index contributed by atoms with van der Waals surface area (Å²) in [4.78, 5) is 25.7. The number of carbonyl (C=O) groups excluding carboxylic acids is 1. The summed E-state index contributed by atoms with van der Waals surface area (Å²) in [6.45, 7) is 0.897. The Balaban J connectivity index is 1.84. The molecule has 2 heterocycles. The van der Waals surface area contributed by atoms with Crippen molar-refractivity contribution in [3.63, 3.8) is 0 Å². The Labute approximate surface area is 107 Å². The van der Waals surface area contributed by atoms with E-state index in [1.807, 2.05) is 0 Å². The van der Waals surface area contributed by atoms with Crippen LogP contribution in [0, 0.1) is 5.41 Å². The van der Waals surface area contributed by atoms with Gasteiger partial charge in [0.15, 0.2) is 5.58 Å². The highest BCUT2D eigenvalue weighted by Gasteiger charge is 2.44. The van der Waals surface area contributed by atoms with Crippen LogP contribution in [-0.4, -0.2) is 30.6 Å². The summed E-state index contributed by atoms with van der Waals surface area (Å²) in [5.74, 6) is -0.706. The van der Waals surface area contributed by atoms with Gasteiger partial charge in [0.2, 0.25) is 5.91 Å². The standard InChI is InChI=1S/C12H13N3O4/c13-4-12(5-18-6-12)10(16)14-7-1-2-8-9(3-7)19-11(17)15-8/h1-3H,4-6,13H2,(H,14,16)(H,15,17). The lowest BCUT2D eigenvalue weighted by Gasteiger charge is -2.38. The van der Waals surface area contributed by atoms with Gasteiger partial charge in [-0.3, -0.25) is 9.78 Å². The highest BCUT2D eigenvalue weighted by molar-refractivity contribution is 5.97. The minimum atomic E-state index is -0.645. The number of hydrogen-bond donors (Lipinski definition) is 3. The highest BCUT2D eigenvalue weighted by Crippen LogP contribution is 2.28. The first kappa shape index (κ1) is 11.9. The van der Waals surface area contributed by atoms with Crippen molar-refractivity contribution in [2.75, 3.05) is 25.1 Å². The molecule has 4 N–H and O–H groups in total. The summed E-state index contributed by atoms with van der Waals surface area (Å²) >= 11 is 0. The van der Waals surface area contributed by atoms with E-state index in [1.54, 1.807) is 18.2 Å². The van der Waals surface area contributed by atoms with Gasteiger partial charge in [0, 0.05) is 18.3 Å². The lowest BCUT2D eigenvalue weighted by molar-refractivity contribution is -0.153. The average molecular weight is 263 g/mol. The van der Waals surface area contributed by atoms with E-state index in [9.17, 15) is 9.59 Å². The molecular formula is C12H13N3O4. The van der Waals surface area contributed by atoms with Crippen LogP contribution in [-0.2, 0) is 9.53 Å². The molecule has 0 saturated carbocycles. The summed E-state index contributed by atoms with van der Waals surface area (Å²) in [5.41, 5.74) is 6.51. The van der Waals surface area contributed by atoms with E-state index >= 15 is 0 Å².